The van der Waals surface area contributed by atoms with Gasteiger partial charge in [0.15, 0.2) is 4.77 Å². The number of aromatic nitrogens is 3. The molecule has 0 aliphatic carbocycles. The Kier molecular flexibility index (Phi) is 2.13. The van der Waals surface area contributed by atoms with Crippen molar-refractivity contribution in [2.75, 3.05) is 0 Å². The van der Waals surface area contributed by atoms with Crippen LogP contribution in [0.1, 0.15) is 12.8 Å². The standard InChI is InChI=1S/C7H10N4OS/c12-6-2-1-5(9-6)3-11-4-8-10-7(11)13/h4-5H,1-3H2,(H,9,12)(H,10,13). The second-order valence-electron chi connectivity index (χ2n) is 3.12. The van der Waals surface area contributed by atoms with Crippen molar-refractivity contribution in [3.05, 3.63) is 11.1 Å². The maximum absolute atomic E-state index is 10.9. The van der Waals surface area contributed by atoms with Crippen LogP contribution in [-0.2, 0) is 11.3 Å². The average molecular weight is 198 g/mol. The first kappa shape index (κ1) is 8.43. The van der Waals surface area contributed by atoms with Crippen LogP contribution in [0.25, 0.3) is 0 Å². The van der Waals surface area contributed by atoms with E-state index in [1.54, 1.807) is 6.33 Å². The van der Waals surface area contributed by atoms with Crippen LogP contribution in [0.5, 0.6) is 0 Å². The van der Waals surface area contributed by atoms with Gasteiger partial charge in [-0.25, -0.2) is 0 Å². The molecule has 0 spiro atoms. The van der Waals surface area contributed by atoms with Crippen LogP contribution < -0.4 is 5.32 Å². The van der Waals surface area contributed by atoms with Crippen LogP contribution in [0.4, 0.5) is 0 Å². The van der Waals surface area contributed by atoms with E-state index in [9.17, 15) is 4.79 Å². The van der Waals surface area contributed by atoms with Crippen molar-refractivity contribution < 1.29 is 4.79 Å². The molecule has 0 aromatic carbocycles. The third kappa shape index (κ3) is 1.77. The molecular formula is C7H10N4OS. The first-order valence-corrected chi connectivity index (χ1v) is 4.56. The van der Waals surface area contributed by atoms with Crippen LogP contribution in [0, 0.1) is 4.77 Å². The van der Waals surface area contributed by atoms with Gasteiger partial charge in [-0.2, -0.15) is 5.10 Å². The van der Waals surface area contributed by atoms with E-state index in [-0.39, 0.29) is 11.9 Å². The van der Waals surface area contributed by atoms with E-state index >= 15 is 0 Å². The Morgan fingerprint density at radius 2 is 2.62 bits per heavy atom. The number of hydrogen-bond donors (Lipinski definition) is 2. The normalized spacial score (nSPS) is 21.8. The van der Waals surface area contributed by atoms with Crippen LogP contribution in [-0.4, -0.2) is 26.7 Å². The Labute approximate surface area is 80.1 Å². The number of amides is 1. The first-order valence-electron chi connectivity index (χ1n) is 4.15. The van der Waals surface area contributed by atoms with Crippen molar-refractivity contribution in [3.8, 4) is 0 Å². The van der Waals surface area contributed by atoms with E-state index in [1.165, 1.54) is 0 Å². The Bertz CT molecular complexity index is 369. The molecule has 0 radical (unpaired) electrons. The third-order valence-electron chi connectivity index (χ3n) is 2.12. The summed E-state index contributed by atoms with van der Waals surface area (Å²) in [4.78, 5) is 10.9. The zero-order valence-electron chi connectivity index (χ0n) is 6.99. The summed E-state index contributed by atoms with van der Waals surface area (Å²) in [7, 11) is 0. The Morgan fingerprint density at radius 3 is 3.15 bits per heavy atom. The second-order valence-corrected chi connectivity index (χ2v) is 3.50. The number of nitrogens with one attached hydrogen (secondary N) is 2. The Balaban J connectivity index is 2.03. The smallest absolute Gasteiger partial charge is 0.220 e. The highest BCUT2D eigenvalue weighted by Crippen LogP contribution is 2.08. The van der Waals surface area contributed by atoms with E-state index < -0.39 is 0 Å². The SMILES string of the molecule is O=C1CCC(Cn2cn[nH]c2=S)N1. The molecule has 1 atom stereocenters. The summed E-state index contributed by atoms with van der Waals surface area (Å²) >= 11 is 4.98. The number of nitrogens with zero attached hydrogens (tertiary/aromatic N) is 2. The number of H-pyrrole nitrogens is 1. The molecule has 0 bridgehead atoms. The lowest BCUT2D eigenvalue weighted by Crippen LogP contribution is -2.29. The second kappa shape index (κ2) is 3.29. The van der Waals surface area contributed by atoms with E-state index in [2.05, 4.69) is 15.5 Å². The molecular weight excluding hydrogens is 188 g/mol. The molecule has 1 amide bonds. The van der Waals surface area contributed by atoms with E-state index in [0.29, 0.717) is 17.7 Å². The number of aromatic amines is 1. The van der Waals surface area contributed by atoms with Crippen molar-refractivity contribution in [1.82, 2.24) is 20.1 Å². The number of hydrogen-bond acceptors (Lipinski definition) is 3. The zero-order valence-corrected chi connectivity index (χ0v) is 7.80. The van der Waals surface area contributed by atoms with Gasteiger partial charge in [-0.05, 0) is 18.6 Å². The molecule has 1 aliphatic rings. The highest BCUT2D eigenvalue weighted by molar-refractivity contribution is 7.71. The molecule has 1 aromatic heterocycles. The molecule has 1 aliphatic heterocycles. The Morgan fingerprint density at radius 1 is 1.77 bits per heavy atom. The summed E-state index contributed by atoms with van der Waals surface area (Å²) in [5.41, 5.74) is 0. The third-order valence-corrected chi connectivity index (χ3v) is 2.45. The van der Waals surface area contributed by atoms with Crippen molar-refractivity contribution in [1.29, 1.82) is 0 Å². The van der Waals surface area contributed by atoms with Crippen LogP contribution in [0.3, 0.4) is 0 Å². The lowest BCUT2D eigenvalue weighted by Gasteiger charge is -2.09. The lowest BCUT2D eigenvalue weighted by molar-refractivity contribution is -0.119. The molecule has 6 heteroatoms. The highest BCUT2D eigenvalue weighted by Gasteiger charge is 2.20. The molecule has 5 nitrogen and oxygen atoms in total. The van der Waals surface area contributed by atoms with Gasteiger partial charge in [0.05, 0.1) is 0 Å². The number of rotatable bonds is 2. The Hall–Kier alpha value is -1.17. The van der Waals surface area contributed by atoms with Gasteiger partial charge in [0, 0.05) is 19.0 Å². The summed E-state index contributed by atoms with van der Waals surface area (Å²) in [5, 5.41) is 9.34. The summed E-state index contributed by atoms with van der Waals surface area (Å²) < 4.78 is 2.42. The maximum atomic E-state index is 10.9. The van der Waals surface area contributed by atoms with Gasteiger partial charge in [0.25, 0.3) is 0 Å². The predicted molar refractivity (Wildman–Crippen MR) is 48.6 cm³/mol. The van der Waals surface area contributed by atoms with Crippen LogP contribution in [0.15, 0.2) is 6.33 Å². The van der Waals surface area contributed by atoms with E-state index in [0.717, 1.165) is 6.42 Å². The van der Waals surface area contributed by atoms with Gasteiger partial charge in [-0.15, -0.1) is 0 Å². The van der Waals surface area contributed by atoms with Gasteiger partial charge in [0.2, 0.25) is 5.91 Å². The van der Waals surface area contributed by atoms with Gasteiger partial charge < -0.3 is 9.88 Å². The molecule has 70 valence electrons. The van der Waals surface area contributed by atoms with Gasteiger partial charge in [-0.3, -0.25) is 9.89 Å². The fourth-order valence-corrected chi connectivity index (χ4v) is 1.63. The van der Waals surface area contributed by atoms with Crippen molar-refractivity contribution in [2.45, 2.75) is 25.4 Å². The van der Waals surface area contributed by atoms with Crippen molar-refractivity contribution in [2.24, 2.45) is 0 Å². The fraction of sp³-hybridized carbons (Fsp3) is 0.571. The summed E-state index contributed by atoms with van der Waals surface area (Å²) in [6.45, 7) is 0.709. The largest absolute Gasteiger partial charge is 0.352 e. The number of carbonyl (C=O) groups excluding carboxylic acids is 1. The zero-order chi connectivity index (χ0) is 9.26. The molecule has 1 fully saturated rings. The van der Waals surface area contributed by atoms with Crippen LogP contribution in [0.2, 0.25) is 0 Å². The first-order chi connectivity index (χ1) is 6.25. The quantitative estimate of drug-likeness (QED) is 0.668. The molecule has 2 heterocycles. The highest BCUT2D eigenvalue weighted by atomic mass is 32.1. The van der Waals surface area contributed by atoms with E-state index in [4.69, 9.17) is 12.2 Å². The topological polar surface area (TPSA) is 62.7 Å². The minimum absolute atomic E-state index is 0.125. The van der Waals surface area contributed by atoms with Crippen molar-refractivity contribution >= 4 is 18.1 Å². The monoisotopic (exact) mass is 198 g/mol. The summed E-state index contributed by atoms with van der Waals surface area (Å²) in [5.74, 6) is 0.125. The average Bonchev–Trinajstić information content (AvgIpc) is 2.64. The van der Waals surface area contributed by atoms with E-state index in [1.807, 2.05) is 4.57 Å². The summed E-state index contributed by atoms with van der Waals surface area (Å²) in [6.07, 6.45) is 3.15. The molecule has 1 aromatic rings. The molecule has 1 saturated heterocycles. The molecule has 2 rings (SSSR count). The molecule has 13 heavy (non-hydrogen) atoms. The van der Waals surface area contributed by atoms with Crippen molar-refractivity contribution in [3.63, 3.8) is 0 Å². The number of carbonyl (C=O) groups is 1. The summed E-state index contributed by atoms with van der Waals surface area (Å²) in [6, 6.07) is 0.205. The molecule has 0 saturated carbocycles. The molecule has 1 unspecified atom stereocenters. The van der Waals surface area contributed by atoms with Gasteiger partial charge >= 0.3 is 0 Å². The minimum atomic E-state index is 0.125. The maximum Gasteiger partial charge on any atom is 0.220 e. The van der Waals surface area contributed by atoms with Crippen LogP contribution >= 0.6 is 12.2 Å². The predicted octanol–water partition coefficient (Wildman–Crippen LogP) is 0.219. The van der Waals surface area contributed by atoms with Gasteiger partial charge in [-0.1, -0.05) is 0 Å². The minimum Gasteiger partial charge on any atom is -0.352 e. The van der Waals surface area contributed by atoms with Gasteiger partial charge in [0.1, 0.15) is 6.33 Å². The molecule has 2 N–H and O–H groups in total. The lowest BCUT2D eigenvalue weighted by atomic mass is 10.2. The fourth-order valence-electron chi connectivity index (χ4n) is 1.45.